The number of aliphatic imine (C=N–C) groups is 1. The van der Waals surface area contributed by atoms with Crippen LogP contribution in [-0.2, 0) is 28.6 Å². The van der Waals surface area contributed by atoms with Gasteiger partial charge in [-0.15, -0.1) is 0 Å². The number of rotatable bonds is 12. The van der Waals surface area contributed by atoms with Gasteiger partial charge < -0.3 is 81.0 Å². The van der Waals surface area contributed by atoms with Crippen LogP contribution in [0, 0.1) is 29.6 Å². The summed E-state index contributed by atoms with van der Waals surface area (Å²) in [6.45, 7) is 13.1. The zero-order valence-corrected chi connectivity index (χ0v) is 47.1. The van der Waals surface area contributed by atoms with Crippen LogP contribution >= 0.6 is 0 Å². The number of carboxylic acid groups (broad SMARTS) is 1. The minimum Gasteiger partial charge on any atom is -0.481 e. The summed E-state index contributed by atoms with van der Waals surface area (Å²) in [4.78, 5) is 41.7. The number of carboxylic acids is 1. The molecule has 0 amide bonds. The van der Waals surface area contributed by atoms with Crippen molar-refractivity contribution in [1.82, 2.24) is 10.6 Å². The van der Waals surface area contributed by atoms with E-state index >= 15 is 0 Å². The summed E-state index contributed by atoms with van der Waals surface area (Å²) in [5.41, 5.74) is 0.809. The first kappa shape index (κ1) is 69.0. The Morgan fingerprint density at radius 1 is 0.805 bits per heavy atom. The highest BCUT2D eigenvalue weighted by atomic mass is 16.7. The standard InChI is InChI=1S/C57H97N3O17/c1-34-19-16-21-38(5)53(37(4)18-14-12-10-11-13-15-25-60-56(58-8)59-9)76-55(73)39(6)22-17-20-35(2)47(65)31-48(66)40(7)45(63)24-23-36(3)50(68)33-57(74)54(72)49(67)30-44(77-57)29-43(75-52(71)32-51(69)70)27-41(61)26-42(62)28-46(34)64/h10-11,16-17,19-22,35-38,40-50,53-54,61-68,72,74H,12-15,18,23-33H2,1-9H3,(H,69,70)(H2,58,59,60)/b11-10+,20-17+,21-16+,34-19+,39-22+. The Morgan fingerprint density at radius 2 is 1.44 bits per heavy atom. The number of nitrogens with zero attached hydrogens (tertiary/aromatic N) is 1. The van der Waals surface area contributed by atoms with Crippen molar-refractivity contribution in [2.45, 2.75) is 224 Å². The van der Waals surface area contributed by atoms with E-state index in [1.165, 1.54) is 0 Å². The van der Waals surface area contributed by atoms with Crippen molar-refractivity contribution in [1.29, 1.82) is 0 Å². The number of aliphatic hydroxyl groups is 10. The van der Waals surface area contributed by atoms with Crippen molar-refractivity contribution in [3.05, 3.63) is 59.8 Å². The number of aliphatic carboxylic acids is 1. The number of aliphatic hydroxyl groups excluding tert-OH is 9. The molecule has 18 atom stereocenters. The van der Waals surface area contributed by atoms with Crippen LogP contribution in [0.3, 0.4) is 0 Å². The maximum atomic E-state index is 13.6. The van der Waals surface area contributed by atoms with Crippen molar-refractivity contribution in [2.75, 3.05) is 20.6 Å². The van der Waals surface area contributed by atoms with Gasteiger partial charge in [-0.1, -0.05) is 83.2 Å². The predicted molar refractivity (Wildman–Crippen MR) is 292 cm³/mol. The van der Waals surface area contributed by atoms with Crippen LogP contribution in [0.1, 0.15) is 145 Å². The molecule has 0 spiro atoms. The molecule has 0 aliphatic carbocycles. The van der Waals surface area contributed by atoms with Crippen LogP contribution in [0.15, 0.2) is 64.7 Å². The summed E-state index contributed by atoms with van der Waals surface area (Å²) in [6, 6.07) is 0. The second kappa shape index (κ2) is 35.5. The largest absolute Gasteiger partial charge is 0.481 e. The molecule has 2 bridgehead atoms. The van der Waals surface area contributed by atoms with Gasteiger partial charge in [-0.05, 0) is 82.6 Å². The van der Waals surface area contributed by atoms with Gasteiger partial charge in [0.05, 0.1) is 54.9 Å². The number of unbranched alkanes of at least 4 members (excludes halogenated alkanes) is 2. The Morgan fingerprint density at radius 3 is 2.09 bits per heavy atom. The number of esters is 2. The molecule has 13 N–H and O–H groups in total. The Hall–Kier alpha value is -4.06. The summed E-state index contributed by atoms with van der Waals surface area (Å²) in [6.07, 6.45) is 1.28. The number of allylic oxidation sites excluding steroid dienone is 6. The van der Waals surface area contributed by atoms with Crippen LogP contribution in [0.2, 0.25) is 0 Å². The fourth-order valence-electron chi connectivity index (χ4n) is 9.63. The molecule has 0 aromatic rings. The lowest BCUT2D eigenvalue weighted by molar-refractivity contribution is -0.333. The first-order valence-electron chi connectivity index (χ1n) is 27.6. The fraction of sp³-hybridized carbons (Fsp3) is 0.754. The number of ether oxygens (including phenoxy) is 3. The van der Waals surface area contributed by atoms with E-state index in [1.807, 2.05) is 27.0 Å². The first-order valence-corrected chi connectivity index (χ1v) is 27.6. The van der Waals surface area contributed by atoms with Gasteiger partial charge in [0.15, 0.2) is 11.7 Å². The van der Waals surface area contributed by atoms with Gasteiger partial charge in [-0.25, -0.2) is 4.79 Å². The number of cyclic esters (lactones) is 1. The second-order valence-corrected chi connectivity index (χ2v) is 21.8. The molecule has 0 aromatic heterocycles. The van der Waals surface area contributed by atoms with Crippen molar-refractivity contribution in [2.24, 2.45) is 34.6 Å². The van der Waals surface area contributed by atoms with E-state index in [1.54, 1.807) is 72.0 Å². The van der Waals surface area contributed by atoms with Crippen molar-refractivity contribution in [3.63, 3.8) is 0 Å². The molecule has 18 unspecified atom stereocenters. The topological polar surface area (TPSA) is 338 Å². The molecule has 20 nitrogen and oxygen atoms in total. The van der Waals surface area contributed by atoms with E-state index in [9.17, 15) is 70.6 Å². The van der Waals surface area contributed by atoms with Crippen LogP contribution in [-0.4, -0.2) is 180 Å². The van der Waals surface area contributed by atoms with Gasteiger partial charge in [0, 0.05) is 82.5 Å². The van der Waals surface area contributed by atoms with Gasteiger partial charge in [-0.3, -0.25) is 14.6 Å². The average Bonchev–Trinajstić information content (AvgIpc) is 3.35. The lowest BCUT2D eigenvalue weighted by atomic mass is 9.84. The zero-order valence-electron chi connectivity index (χ0n) is 47.1. The smallest absolute Gasteiger partial charge is 0.334 e. The van der Waals surface area contributed by atoms with E-state index in [-0.39, 0.29) is 63.2 Å². The molecule has 2 heterocycles. The number of fused-ring (bicyclic) bond motifs is 2. The summed E-state index contributed by atoms with van der Waals surface area (Å²) in [5, 5.41) is 127. The Balaban J connectivity index is 2.43. The molecule has 2 aliphatic rings. The van der Waals surface area contributed by atoms with Gasteiger partial charge in [0.2, 0.25) is 0 Å². The third-order valence-electron chi connectivity index (χ3n) is 15.0. The van der Waals surface area contributed by atoms with Crippen LogP contribution < -0.4 is 10.6 Å². The van der Waals surface area contributed by atoms with Crippen LogP contribution in [0.25, 0.3) is 0 Å². The quantitative estimate of drug-likeness (QED) is 0.0331. The average molecular weight is 1100 g/mol. The highest BCUT2D eigenvalue weighted by molar-refractivity contribution is 5.90. The molecular formula is C57H97N3O17. The predicted octanol–water partition coefficient (Wildman–Crippen LogP) is 3.63. The fourth-order valence-corrected chi connectivity index (χ4v) is 9.63. The van der Waals surface area contributed by atoms with Crippen molar-refractivity contribution in [3.8, 4) is 0 Å². The SMILES string of the molecule is CN=C(NC)NCCC/C=C/CCCC(C)C1OC(=O)/C(C)=C/C=C/C(C)C(O)CC(O)C(C)C(O)CCC(C)C(O)CC2(O)OC(CC(OC(=O)CC(=O)O)CC(O)CC(O)CC(O)/C(C)=C/C=C/C1C)CC(O)C2O. The van der Waals surface area contributed by atoms with E-state index in [0.717, 1.165) is 44.6 Å². The number of hydrogen-bond acceptors (Lipinski definition) is 17. The maximum absolute atomic E-state index is 13.6. The Kier molecular flexibility index (Phi) is 31.9. The maximum Gasteiger partial charge on any atom is 0.334 e. The molecule has 1 fully saturated rings. The van der Waals surface area contributed by atoms with Crippen molar-refractivity contribution >= 4 is 23.9 Å². The second-order valence-electron chi connectivity index (χ2n) is 21.8. The zero-order chi connectivity index (χ0) is 58.0. The minimum absolute atomic E-state index is 0.0578. The minimum atomic E-state index is -2.52. The molecular weight excluding hydrogens is 999 g/mol. The van der Waals surface area contributed by atoms with E-state index < -0.39 is 128 Å². The number of guanidine groups is 1. The molecule has 1 saturated heterocycles. The van der Waals surface area contributed by atoms with Gasteiger partial charge >= 0.3 is 17.9 Å². The summed E-state index contributed by atoms with van der Waals surface area (Å²) in [5.74, 6) is -7.05. The molecule has 0 saturated carbocycles. The molecule has 77 heavy (non-hydrogen) atoms. The van der Waals surface area contributed by atoms with Gasteiger partial charge in [-0.2, -0.15) is 0 Å². The normalized spacial score (nSPS) is 37.6. The number of nitrogens with one attached hydrogen (secondary N) is 2. The molecule has 442 valence electrons. The Labute approximate surface area is 456 Å². The molecule has 2 rings (SSSR count). The van der Waals surface area contributed by atoms with Crippen LogP contribution in [0.5, 0.6) is 0 Å². The number of carbonyl (C=O) groups is 3. The monoisotopic (exact) mass is 1100 g/mol. The van der Waals surface area contributed by atoms with E-state index in [2.05, 4.69) is 27.8 Å². The molecule has 20 heteroatoms. The van der Waals surface area contributed by atoms with Crippen molar-refractivity contribution < 1.29 is 84.8 Å². The number of hydrogen-bond donors (Lipinski definition) is 13. The van der Waals surface area contributed by atoms with Gasteiger partial charge in [0.25, 0.3) is 0 Å². The van der Waals surface area contributed by atoms with Gasteiger partial charge in [0.1, 0.15) is 24.7 Å². The Bertz CT molecular complexity index is 1940. The van der Waals surface area contributed by atoms with Crippen LogP contribution in [0.4, 0.5) is 0 Å². The summed E-state index contributed by atoms with van der Waals surface area (Å²) >= 11 is 0. The lowest BCUT2D eigenvalue weighted by Gasteiger charge is -2.45. The molecule has 2 aliphatic heterocycles. The third-order valence-corrected chi connectivity index (χ3v) is 15.0. The van der Waals surface area contributed by atoms with E-state index in [4.69, 9.17) is 14.2 Å². The van der Waals surface area contributed by atoms with E-state index in [0.29, 0.717) is 11.1 Å². The first-order chi connectivity index (χ1) is 36.2. The number of carbonyl (C=O) groups excluding carboxylic acids is 2. The highest BCUT2D eigenvalue weighted by Gasteiger charge is 2.50. The molecule has 0 radical (unpaired) electrons. The highest BCUT2D eigenvalue weighted by Crippen LogP contribution is 2.36. The lowest BCUT2D eigenvalue weighted by Crippen LogP contribution is -2.60. The summed E-state index contributed by atoms with van der Waals surface area (Å²) < 4.78 is 17.5. The summed E-state index contributed by atoms with van der Waals surface area (Å²) in [7, 11) is 3.53. The third kappa shape index (κ3) is 25.7. The molecule has 0 aromatic carbocycles.